The van der Waals surface area contributed by atoms with E-state index in [0.29, 0.717) is 0 Å². The summed E-state index contributed by atoms with van der Waals surface area (Å²) < 4.78 is 5.36. The van der Waals surface area contributed by atoms with E-state index < -0.39 is 0 Å². The number of methoxy groups -OCH3 is 1. The van der Waals surface area contributed by atoms with E-state index in [1.54, 1.807) is 7.11 Å². The highest BCUT2D eigenvalue weighted by molar-refractivity contribution is 5.64. The minimum Gasteiger partial charge on any atom is -0.378 e. The average molecular weight is 170 g/mol. The number of allylic oxidation sites excluding steroid dienone is 1. The first-order valence-corrected chi connectivity index (χ1v) is 4.34. The molecule has 0 bridgehead atoms. The van der Waals surface area contributed by atoms with Gasteiger partial charge in [-0.25, -0.2) is 0 Å². The predicted molar refractivity (Wildman–Crippen MR) is 50.1 cm³/mol. The summed E-state index contributed by atoms with van der Waals surface area (Å²) in [5.74, 6) is 0. The Balaban J connectivity index is 3.94. The quantitative estimate of drug-likeness (QED) is 0.452. The fourth-order valence-corrected chi connectivity index (χ4v) is 1.19. The van der Waals surface area contributed by atoms with Crippen molar-refractivity contribution >= 4 is 6.29 Å². The molecule has 2 heteroatoms. The van der Waals surface area contributed by atoms with E-state index in [-0.39, 0.29) is 5.60 Å². The molecule has 0 saturated carbocycles. The maximum atomic E-state index is 10.0. The van der Waals surface area contributed by atoms with Crippen LogP contribution in [0.3, 0.4) is 0 Å². The molecule has 0 N–H and O–H groups in total. The van der Waals surface area contributed by atoms with Crippen LogP contribution in [0.25, 0.3) is 0 Å². The molecule has 0 fully saturated rings. The van der Waals surface area contributed by atoms with E-state index in [1.807, 2.05) is 6.08 Å². The van der Waals surface area contributed by atoms with Crippen molar-refractivity contribution < 1.29 is 9.53 Å². The number of ether oxygens (including phenoxy) is 1. The Hall–Kier alpha value is -0.630. The fourth-order valence-electron chi connectivity index (χ4n) is 1.19. The first kappa shape index (κ1) is 11.4. The standard InChI is InChI=1S/C10H18O2/c1-4-7-10(2,12-3)8-5-6-9-11/h5-6,9H,4,7-8H2,1-3H3. The first-order chi connectivity index (χ1) is 5.68. The van der Waals surface area contributed by atoms with E-state index in [4.69, 9.17) is 4.74 Å². The lowest BCUT2D eigenvalue weighted by molar-refractivity contribution is -0.104. The second-order valence-electron chi connectivity index (χ2n) is 3.17. The molecule has 70 valence electrons. The van der Waals surface area contributed by atoms with Crippen LogP contribution in [-0.4, -0.2) is 19.0 Å². The summed E-state index contributed by atoms with van der Waals surface area (Å²) in [5, 5.41) is 0. The van der Waals surface area contributed by atoms with Gasteiger partial charge < -0.3 is 4.74 Å². The SMILES string of the molecule is CCCC(C)(CC=CC=O)OC. The first-order valence-electron chi connectivity index (χ1n) is 4.34. The van der Waals surface area contributed by atoms with Gasteiger partial charge in [-0.1, -0.05) is 19.4 Å². The van der Waals surface area contributed by atoms with Gasteiger partial charge in [0.2, 0.25) is 0 Å². The van der Waals surface area contributed by atoms with Crippen molar-refractivity contribution in [2.75, 3.05) is 7.11 Å². The molecule has 0 aromatic rings. The van der Waals surface area contributed by atoms with Gasteiger partial charge in [-0.3, -0.25) is 4.79 Å². The van der Waals surface area contributed by atoms with Gasteiger partial charge >= 0.3 is 0 Å². The Bertz CT molecular complexity index is 152. The zero-order valence-electron chi connectivity index (χ0n) is 8.17. The molecule has 2 nitrogen and oxygen atoms in total. The smallest absolute Gasteiger partial charge is 0.142 e. The molecule has 0 aliphatic heterocycles. The van der Waals surface area contributed by atoms with Gasteiger partial charge in [-0.05, 0) is 25.8 Å². The highest BCUT2D eigenvalue weighted by Crippen LogP contribution is 2.21. The monoisotopic (exact) mass is 170 g/mol. The van der Waals surface area contributed by atoms with Crippen LogP contribution in [0.2, 0.25) is 0 Å². The van der Waals surface area contributed by atoms with Crippen molar-refractivity contribution in [3.8, 4) is 0 Å². The van der Waals surface area contributed by atoms with Crippen LogP contribution in [0.15, 0.2) is 12.2 Å². The molecule has 0 aliphatic rings. The summed E-state index contributed by atoms with van der Waals surface area (Å²) in [6, 6.07) is 0. The van der Waals surface area contributed by atoms with Crippen molar-refractivity contribution in [2.24, 2.45) is 0 Å². The molecule has 12 heavy (non-hydrogen) atoms. The van der Waals surface area contributed by atoms with Crippen molar-refractivity contribution in [3.63, 3.8) is 0 Å². The molecule has 0 spiro atoms. The number of carbonyl (C=O) groups is 1. The molecule has 0 heterocycles. The van der Waals surface area contributed by atoms with E-state index in [1.165, 1.54) is 6.08 Å². The second-order valence-corrected chi connectivity index (χ2v) is 3.17. The lowest BCUT2D eigenvalue weighted by Crippen LogP contribution is -2.25. The van der Waals surface area contributed by atoms with Gasteiger partial charge in [0.25, 0.3) is 0 Å². The van der Waals surface area contributed by atoms with E-state index in [2.05, 4.69) is 13.8 Å². The van der Waals surface area contributed by atoms with Crippen LogP contribution in [0.1, 0.15) is 33.1 Å². The number of aldehydes is 1. The summed E-state index contributed by atoms with van der Waals surface area (Å²) in [6.07, 6.45) is 7.09. The maximum Gasteiger partial charge on any atom is 0.142 e. The summed E-state index contributed by atoms with van der Waals surface area (Å²) in [7, 11) is 1.71. The minimum absolute atomic E-state index is 0.103. The summed E-state index contributed by atoms with van der Waals surface area (Å²) in [5.41, 5.74) is -0.103. The number of rotatable bonds is 6. The van der Waals surface area contributed by atoms with Crippen LogP contribution in [0.4, 0.5) is 0 Å². The van der Waals surface area contributed by atoms with E-state index in [9.17, 15) is 4.79 Å². The minimum atomic E-state index is -0.103. The van der Waals surface area contributed by atoms with Crippen LogP contribution < -0.4 is 0 Å². The topological polar surface area (TPSA) is 26.3 Å². The molecule has 0 amide bonds. The molecule has 0 aromatic carbocycles. The van der Waals surface area contributed by atoms with Gasteiger partial charge in [0, 0.05) is 7.11 Å². The molecule has 0 radical (unpaired) electrons. The summed E-state index contributed by atoms with van der Waals surface area (Å²) in [6.45, 7) is 4.19. The highest BCUT2D eigenvalue weighted by Gasteiger charge is 2.19. The highest BCUT2D eigenvalue weighted by atomic mass is 16.5. The van der Waals surface area contributed by atoms with Crippen molar-refractivity contribution in [1.82, 2.24) is 0 Å². The summed E-state index contributed by atoms with van der Waals surface area (Å²) >= 11 is 0. The van der Waals surface area contributed by atoms with Crippen molar-refractivity contribution in [3.05, 3.63) is 12.2 Å². The fraction of sp³-hybridized carbons (Fsp3) is 0.700. The van der Waals surface area contributed by atoms with Crippen molar-refractivity contribution in [1.29, 1.82) is 0 Å². The second kappa shape index (κ2) is 5.95. The van der Waals surface area contributed by atoms with Crippen molar-refractivity contribution in [2.45, 2.75) is 38.7 Å². The van der Waals surface area contributed by atoms with Crippen LogP contribution in [0, 0.1) is 0 Å². The number of hydrogen-bond donors (Lipinski definition) is 0. The third-order valence-corrected chi connectivity index (χ3v) is 2.04. The van der Waals surface area contributed by atoms with Crippen LogP contribution >= 0.6 is 0 Å². The number of carbonyl (C=O) groups excluding carboxylic acids is 1. The Morgan fingerprint density at radius 1 is 1.50 bits per heavy atom. The van der Waals surface area contributed by atoms with Gasteiger partial charge in [0.1, 0.15) is 6.29 Å². The van der Waals surface area contributed by atoms with Gasteiger partial charge in [0.15, 0.2) is 0 Å². The Labute approximate surface area is 74.6 Å². The van der Waals surface area contributed by atoms with Crippen LogP contribution in [0.5, 0.6) is 0 Å². The average Bonchev–Trinajstić information content (AvgIpc) is 2.06. The zero-order chi connectivity index (χ0) is 9.45. The Morgan fingerprint density at radius 3 is 2.58 bits per heavy atom. The maximum absolute atomic E-state index is 10.0. The lowest BCUT2D eigenvalue weighted by Gasteiger charge is -2.26. The molecular weight excluding hydrogens is 152 g/mol. The Kier molecular flexibility index (Phi) is 5.64. The normalized spacial score (nSPS) is 16.2. The van der Waals surface area contributed by atoms with Crippen LogP contribution in [-0.2, 0) is 9.53 Å². The molecule has 0 aliphatic carbocycles. The predicted octanol–water partition coefficient (Wildman–Crippen LogP) is 2.34. The molecular formula is C10H18O2. The Morgan fingerprint density at radius 2 is 2.17 bits per heavy atom. The van der Waals surface area contributed by atoms with Gasteiger partial charge in [-0.15, -0.1) is 0 Å². The lowest BCUT2D eigenvalue weighted by atomic mass is 9.96. The van der Waals surface area contributed by atoms with E-state index >= 15 is 0 Å². The zero-order valence-corrected chi connectivity index (χ0v) is 8.17. The summed E-state index contributed by atoms with van der Waals surface area (Å²) in [4.78, 5) is 10.0. The molecule has 0 aromatic heterocycles. The number of hydrogen-bond acceptors (Lipinski definition) is 2. The van der Waals surface area contributed by atoms with E-state index in [0.717, 1.165) is 25.5 Å². The van der Waals surface area contributed by atoms with Gasteiger partial charge in [0.05, 0.1) is 5.60 Å². The third-order valence-electron chi connectivity index (χ3n) is 2.04. The molecule has 0 rings (SSSR count). The largest absolute Gasteiger partial charge is 0.378 e. The molecule has 1 unspecified atom stereocenters. The molecule has 1 atom stereocenters. The third kappa shape index (κ3) is 4.29. The molecule has 0 saturated heterocycles. The van der Waals surface area contributed by atoms with Gasteiger partial charge in [-0.2, -0.15) is 0 Å².